The summed E-state index contributed by atoms with van der Waals surface area (Å²) >= 11 is 1.73. The van der Waals surface area contributed by atoms with Gasteiger partial charge in [-0.15, -0.1) is 11.3 Å². The second-order valence-corrected chi connectivity index (χ2v) is 5.24. The number of para-hydroxylation sites is 1. The lowest BCUT2D eigenvalue weighted by Gasteiger charge is -2.13. The van der Waals surface area contributed by atoms with E-state index in [1.165, 1.54) is 4.70 Å². The summed E-state index contributed by atoms with van der Waals surface area (Å²) < 4.78 is 6.58. The van der Waals surface area contributed by atoms with Crippen LogP contribution in [-0.2, 0) is 11.2 Å². The first-order chi connectivity index (χ1) is 8.83. The fraction of sp³-hybridized carbons (Fsp3) is 0.462. The third-order valence-corrected chi connectivity index (χ3v) is 3.87. The molecule has 2 rings (SSSR count). The van der Waals surface area contributed by atoms with Crippen LogP contribution >= 0.6 is 11.3 Å². The van der Waals surface area contributed by atoms with Crippen LogP contribution in [-0.4, -0.2) is 24.2 Å². The van der Waals surface area contributed by atoms with Crippen LogP contribution in [0, 0.1) is 0 Å². The number of hydrogen-bond acceptors (Lipinski definition) is 5. The summed E-state index contributed by atoms with van der Waals surface area (Å²) in [6, 6.07) is 8.41. The number of benzene rings is 1. The molecule has 5 heteroatoms. The number of hydrogen-bond donors (Lipinski definition) is 2. The molecule has 0 saturated carbocycles. The van der Waals surface area contributed by atoms with Crippen molar-refractivity contribution in [3.63, 3.8) is 0 Å². The van der Waals surface area contributed by atoms with Gasteiger partial charge in [-0.3, -0.25) is 11.3 Å². The average molecular weight is 265 g/mol. The van der Waals surface area contributed by atoms with Gasteiger partial charge in [0.15, 0.2) is 0 Å². The standard InChI is InChI=1S/C13H19N3OS/c1-2-17-8-7-10(16-14)9-13-15-11-5-3-4-6-12(11)18-13/h3-6,10,16H,2,7-9,14H2,1H3. The number of nitrogens with zero attached hydrogens (tertiary/aromatic N) is 1. The van der Waals surface area contributed by atoms with Crippen molar-refractivity contribution in [2.75, 3.05) is 13.2 Å². The van der Waals surface area contributed by atoms with Crippen LogP contribution in [0.2, 0.25) is 0 Å². The Hall–Kier alpha value is -1.01. The minimum Gasteiger partial charge on any atom is -0.382 e. The number of nitrogens with two attached hydrogens (primary N) is 1. The van der Waals surface area contributed by atoms with E-state index in [1.807, 2.05) is 25.1 Å². The molecule has 0 radical (unpaired) electrons. The maximum atomic E-state index is 5.57. The lowest BCUT2D eigenvalue weighted by molar-refractivity contribution is 0.136. The fourth-order valence-electron chi connectivity index (χ4n) is 1.83. The first-order valence-electron chi connectivity index (χ1n) is 6.21. The second kappa shape index (κ2) is 6.80. The van der Waals surface area contributed by atoms with Crippen LogP contribution in [0.1, 0.15) is 18.4 Å². The highest BCUT2D eigenvalue weighted by Gasteiger charge is 2.11. The van der Waals surface area contributed by atoms with Crippen molar-refractivity contribution >= 4 is 21.6 Å². The first kappa shape index (κ1) is 13.4. The fourth-order valence-corrected chi connectivity index (χ4v) is 2.88. The van der Waals surface area contributed by atoms with Crippen LogP contribution in [0.25, 0.3) is 10.2 Å². The van der Waals surface area contributed by atoms with Gasteiger partial charge in [-0.05, 0) is 25.5 Å². The molecule has 0 amide bonds. The van der Waals surface area contributed by atoms with Crippen molar-refractivity contribution in [3.8, 4) is 0 Å². The van der Waals surface area contributed by atoms with Gasteiger partial charge in [0.1, 0.15) is 0 Å². The highest BCUT2D eigenvalue weighted by atomic mass is 32.1. The molecule has 1 unspecified atom stereocenters. The van der Waals surface area contributed by atoms with Gasteiger partial charge in [0.05, 0.1) is 15.2 Å². The van der Waals surface area contributed by atoms with Gasteiger partial charge in [0.25, 0.3) is 0 Å². The van der Waals surface area contributed by atoms with Crippen molar-refractivity contribution in [2.45, 2.75) is 25.8 Å². The number of nitrogens with one attached hydrogen (secondary N) is 1. The van der Waals surface area contributed by atoms with E-state index in [0.29, 0.717) is 0 Å². The monoisotopic (exact) mass is 265 g/mol. The maximum absolute atomic E-state index is 5.57. The molecule has 1 heterocycles. The quantitative estimate of drug-likeness (QED) is 0.457. The lowest BCUT2D eigenvalue weighted by Crippen LogP contribution is -2.37. The maximum Gasteiger partial charge on any atom is 0.0954 e. The van der Waals surface area contributed by atoms with Gasteiger partial charge < -0.3 is 4.74 Å². The zero-order valence-electron chi connectivity index (χ0n) is 10.6. The summed E-state index contributed by atoms with van der Waals surface area (Å²) in [5, 5.41) is 1.12. The van der Waals surface area contributed by atoms with E-state index >= 15 is 0 Å². The Morgan fingerprint density at radius 3 is 3.00 bits per heavy atom. The van der Waals surface area contributed by atoms with Crippen molar-refractivity contribution in [2.24, 2.45) is 5.84 Å². The van der Waals surface area contributed by atoms with Crippen LogP contribution in [0.5, 0.6) is 0 Å². The predicted octanol–water partition coefficient (Wildman–Crippen LogP) is 2.10. The number of fused-ring (bicyclic) bond motifs is 1. The first-order valence-corrected chi connectivity index (χ1v) is 7.03. The highest BCUT2D eigenvalue weighted by Crippen LogP contribution is 2.22. The van der Waals surface area contributed by atoms with E-state index in [1.54, 1.807) is 11.3 Å². The molecule has 1 aromatic carbocycles. The molecule has 0 aliphatic rings. The molecule has 0 bridgehead atoms. The van der Waals surface area contributed by atoms with E-state index in [4.69, 9.17) is 10.6 Å². The molecule has 18 heavy (non-hydrogen) atoms. The Kier molecular flexibility index (Phi) is 5.07. The van der Waals surface area contributed by atoms with Crippen LogP contribution < -0.4 is 11.3 Å². The number of rotatable bonds is 7. The third-order valence-electron chi connectivity index (χ3n) is 2.81. The van der Waals surface area contributed by atoms with Gasteiger partial charge in [-0.2, -0.15) is 0 Å². The zero-order valence-corrected chi connectivity index (χ0v) is 11.4. The van der Waals surface area contributed by atoms with Crippen LogP contribution in [0.15, 0.2) is 24.3 Å². The minimum absolute atomic E-state index is 0.220. The third kappa shape index (κ3) is 3.49. The molecule has 0 saturated heterocycles. The molecule has 0 aliphatic heterocycles. The smallest absolute Gasteiger partial charge is 0.0954 e. The number of ether oxygens (including phenoxy) is 1. The van der Waals surface area contributed by atoms with Gasteiger partial charge in [0, 0.05) is 25.7 Å². The Bertz CT molecular complexity index is 453. The van der Waals surface area contributed by atoms with E-state index < -0.39 is 0 Å². The number of hydrazine groups is 1. The summed E-state index contributed by atoms with van der Waals surface area (Å²) in [7, 11) is 0. The highest BCUT2D eigenvalue weighted by molar-refractivity contribution is 7.18. The van der Waals surface area contributed by atoms with Crippen molar-refractivity contribution in [1.82, 2.24) is 10.4 Å². The molecule has 0 aliphatic carbocycles. The Morgan fingerprint density at radius 1 is 1.44 bits per heavy atom. The van der Waals surface area contributed by atoms with E-state index in [0.717, 1.165) is 36.6 Å². The Balaban J connectivity index is 1.97. The zero-order chi connectivity index (χ0) is 12.8. The molecular formula is C13H19N3OS. The van der Waals surface area contributed by atoms with Crippen LogP contribution in [0.3, 0.4) is 0 Å². The van der Waals surface area contributed by atoms with Gasteiger partial charge in [0.2, 0.25) is 0 Å². The van der Waals surface area contributed by atoms with Gasteiger partial charge in [-0.1, -0.05) is 12.1 Å². The van der Waals surface area contributed by atoms with Crippen molar-refractivity contribution in [1.29, 1.82) is 0 Å². The molecule has 3 N–H and O–H groups in total. The Morgan fingerprint density at radius 2 is 2.28 bits per heavy atom. The number of thiazole rings is 1. The lowest BCUT2D eigenvalue weighted by atomic mass is 10.1. The SMILES string of the molecule is CCOCCC(Cc1nc2ccccc2s1)NN. The van der Waals surface area contributed by atoms with Crippen LogP contribution in [0.4, 0.5) is 0 Å². The van der Waals surface area contributed by atoms with Gasteiger partial charge in [-0.25, -0.2) is 4.98 Å². The molecule has 98 valence electrons. The molecule has 0 fully saturated rings. The summed E-state index contributed by atoms with van der Waals surface area (Å²) in [6.07, 6.45) is 1.75. The molecule has 1 aromatic heterocycles. The van der Waals surface area contributed by atoms with E-state index in [2.05, 4.69) is 16.5 Å². The normalized spacial score (nSPS) is 13.0. The number of aromatic nitrogens is 1. The minimum atomic E-state index is 0.220. The second-order valence-electron chi connectivity index (χ2n) is 4.13. The van der Waals surface area contributed by atoms with Gasteiger partial charge >= 0.3 is 0 Å². The Labute approximate surface area is 111 Å². The predicted molar refractivity (Wildman–Crippen MR) is 75.5 cm³/mol. The van der Waals surface area contributed by atoms with E-state index in [9.17, 15) is 0 Å². The summed E-state index contributed by atoms with van der Waals surface area (Å²) in [5.74, 6) is 5.57. The molecule has 0 spiro atoms. The summed E-state index contributed by atoms with van der Waals surface area (Å²) in [4.78, 5) is 4.61. The molecule has 1 atom stereocenters. The van der Waals surface area contributed by atoms with Crippen molar-refractivity contribution in [3.05, 3.63) is 29.3 Å². The molecule has 4 nitrogen and oxygen atoms in total. The molecule has 2 aromatic rings. The topological polar surface area (TPSA) is 60.2 Å². The van der Waals surface area contributed by atoms with Crippen molar-refractivity contribution < 1.29 is 4.74 Å². The molecular weight excluding hydrogens is 246 g/mol. The van der Waals surface area contributed by atoms with E-state index in [-0.39, 0.29) is 6.04 Å². The summed E-state index contributed by atoms with van der Waals surface area (Å²) in [6.45, 7) is 3.48. The summed E-state index contributed by atoms with van der Waals surface area (Å²) in [5.41, 5.74) is 3.91. The largest absolute Gasteiger partial charge is 0.382 e. The average Bonchev–Trinajstić information content (AvgIpc) is 2.80.